The van der Waals surface area contributed by atoms with Crippen LogP contribution in [0.1, 0.15) is 33.2 Å². The van der Waals surface area contributed by atoms with Crippen molar-refractivity contribution in [3.05, 3.63) is 102 Å². The van der Waals surface area contributed by atoms with E-state index in [9.17, 15) is 80.5 Å². The molecule has 3 aromatic rings. The summed E-state index contributed by atoms with van der Waals surface area (Å²) >= 11 is 0. The van der Waals surface area contributed by atoms with Crippen LogP contribution in [0.5, 0.6) is 11.5 Å². The van der Waals surface area contributed by atoms with Crippen LogP contribution in [-0.2, 0) is 61.7 Å². The molecule has 4 fully saturated rings. The number of rotatable bonds is 19. The molecule has 0 aliphatic carbocycles. The Hall–Kier alpha value is -5.80. The van der Waals surface area contributed by atoms with E-state index in [1.165, 1.54) is 54.6 Å². The van der Waals surface area contributed by atoms with Crippen molar-refractivity contribution in [3.8, 4) is 11.5 Å². The van der Waals surface area contributed by atoms with Gasteiger partial charge in [0.05, 0.1) is 30.9 Å². The normalized spacial score (nSPS) is 35.6. The number of carbonyl (C=O) groups is 4. The molecule has 12 N–H and O–H groups in total. The molecule has 7 rings (SSSR count). The van der Waals surface area contributed by atoms with Crippen molar-refractivity contribution in [2.24, 2.45) is 0 Å². The topological polar surface area (TPSA) is 413 Å². The first-order valence-electron chi connectivity index (χ1n) is 23.5. The lowest BCUT2D eigenvalue weighted by Crippen LogP contribution is -2.69. The van der Waals surface area contributed by atoms with Crippen molar-refractivity contribution in [2.45, 2.75) is 123 Å². The van der Waals surface area contributed by atoms with Crippen LogP contribution in [0.15, 0.2) is 84.9 Å². The number of esters is 4. The minimum atomic E-state index is -2.86. The van der Waals surface area contributed by atoms with Crippen molar-refractivity contribution in [1.29, 1.82) is 0 Å². The predicted octanol–water partition coefficient (Wildman–Crippen LogP) is -3.77. The van der Waals surface area contributed by atoms with Crippen molar-refractivity contribution >= 4 is 30.0 Å². The Morgan fingerprint density at radius 2 is 1.12 bits per heavy atom. The van der Waals surface area contributed by atoms with E-state index in [-0.39, 0.29) is 16.7 Å². The lowest BCUT2D eigenvalue weighted by Gasteiger charge is -2.50. The van der Waals surface area contributed by atoms with E-state index >= 15 is 0 Å². The van der Waals surface area contributed by atoms with Crippen molar-refractivity contribution in [3.63, 3.8) is 0 Å². The second-order valence-electron chi connectivity index (χ2n) is 17.8. The van der Waals surface area contributed by atoms with Gasteiger partial charge < -0.3 is 113 Å². The van der Waals surface area contributed by atoms with Gasteiger partial charge in [-0.25, -0.2) is 14.4 Å². The third-order valence-electron chi connectivity index (χ3n) is 12.6. The second-order valence-corrected chi connectivity index (χ2v) is 17.8. The van der Waals surface area contributed by atoms with E-state index in [2.05, 4.69) is 0 Å². The van der Waals surface area contributed by atoms with Crippen LogP contribution in [0.2, 0.25) is 0 Å². The number of phenols is 2. The number of hydrogen-bond acceptors (Lipinski definition) is 27. The fraction of sp³-hybridized carbons (Fsp3) is 0.510. The average molecular weight is 1080 g/mol. The van der Waals surface area contributed by atoms with Gasteiger partial charge in [-0.15, -0.1) is 0 Å². The molecule has 0 bridgehead atoms. The molecule has 76 heavy (non-hydrogen) atoms. The number of aromatic hydroxyl groups is 2. The van der Waals surface area contributed by atoms with Crippen LogP contribution in [0.4, 0.5) is 0 Å². The molecule has 4 heterocycles. The van der Waals surface area contributed by atoms with Gasteiger partial charge in [-0.05, 0) is 48.0 Å². The molecule has 0 saturated carbocycles. The summed E-state index contributed by atoms with van der Waals surface area (Å²) in [5.74, 6) is -8.23. The molecule has 4 saturated heterocycles. The number of phenolic OH excluding ortho intramolecular Hbond substituents is 2. The summed E-state index contributed by atoms with van der Waals surface area (Å²) in [6, 6.07) is 18.0. The van der Waals surface area contributed by atoms with Gasteiger partial charge in [0.2, 0.25) is 5.79 Å². The fourth-order valence-electron chi connectivity index (χ4n) is 8.58. The first-order valence-corrected chi connectivity index (χ1v) is 23.5. The fourth-order valence-corrected chi connectivity index (χ4v) is 8.58. The summed E-state index contributed by atoms with van der Waals surface area (Å²) in [6.45, 7) is -4.09. The molecule has 3 aromatic carbocycles. The van der Waals surface area contributed by atoms with Gasteiger partial charge in [0, 0.05) is 13.0 Å². The molecule has 4 aliphatic heterocycles. The molecule has 416 valence electrons. The predicted molar refractivity (Wildman–Crippen MR) is 245 cm³/mol. The summed E-state index contributed by atoms with van der Waals surface area (Å²) in [4.78, 5) is 53.1. The minimum Gasteiger partial charge on any atom is -0.504 e. The van der Waals surface area contributed by atoms with Crippen LogP contribution >= 0.6 is 0 Å². The standard InChI is InChI=1S/C49H58O27/c1-22(53)66-20-31-34(58)37(61)39(63)47(70-31)72-41-40(71-32(56)15-13-23-12-14-26(54)27(55)16-23)30(19-52)69-48(42(41)73-46-38(62)36(60)33(57)28(17-50)68-46)76-49(21-67-44(64)24-8-4-2-5-9-24)43(35(59)29(18-51)75-49)74-45(65)25-10-6-3-7-11-25/h2-16,28-31,33-43,46-48,50-52,54-55,57-63H,17-21H2,1H3/t28-,29-,30-,31-,33-,34-,35-,36+,37+,38-,39-,40-,41+,42-,43+,46+,47+,48-,49+/m1/s1. The lowest BCUT2D eigenvalue weighted by molar-refractivity contribution is -0.421. The van der Waals surface area contributed by atoms with Gasteiger partial charge >= 0.3 is 23.9 Å². The number of aliphatic hydroxyl groups excluding tert-OH is 10. The Balaban J connectivity index is 1.37. The molecule has 27 nitrogen and oxygen atoms in total. The van der Waals surface area contributed by atoms with Crippen LogP contribution in [0.3, 0.4) is 0 Å². The molecular formula is C49H58O27. The van der Waals surface area contributed by atoms with Crippen LogP contribution < -0.4 is 0 Å². The Morgan fingerprint density at radius 3 is 1.70 bits per heavy atom. The third-order valence-corrected chi connectivity index (χ3v) is 12.6. The molecule has 4 aliphatic rings. The number of aliphatic hydroxyl groups is 10. The maximum absolute atomic E-state index is 13.8. The zero-order valence-electron chi connectivity index (χ0n) is 40.1. The maximum atomic E-state index is 13.8. The SMILES string of the molecule is CC(=O)OC[C@H]1O[C@@H](O[C@@H]2[C@@H](O[C@@H]3O[C@H](CO)[C@@H](O)[C@H](O)[C@H]3O)[C@@H](O[C@]3(COC(=O)c4ccccc4)O[C@H](CO)[C@@H](O)[C@@H]3OC(=O)c3ccccc3)O[C@H](CO)[C@H]2OC(=O)C=Cc2ccc(O)c(O)c2)[C@H](O)[C@@H](O)[C@@H]1O. The van der Waals surface area contributed by atoms with Crippen molar-refractivity contribution in [1.82, 2.24) is 0 Å². The van der Waals surface area contributed by atoms with Gasteiger partial charge in [-0.2, -0.15) is 0 Å². The van der Waals surface area contributed by atoms with E-state index in [0.29, 0.717) is 0 Å². The highest BCUT2D eigenvalue weighted by molar-refractivity contribution is 5.90. The smallest absolute Gasteiger partial charge is 0.338 e. The van der Waals surface area contributed by atoms with E-state index < -0.39 is 185 Å². The molecule has 0 unspecified atom stereocenters. The average Bonchev–Trinajstić information content (AvgIpc) is 3.73. The maximum Gasteiger partial charge on any atom is 0.338 e. The Kier molecular flexibility index (Phi) is 19.5. The Bertz CT molecular complexity index is 2440. The third kappa shape index (κ3) is 13.1. The largest absolute Gasteiger partial charge is 0.504 e. The van der Waals surface area contributed by atoms with Crippen LogP contribution in [0, 0.1) is 0 Å². The van der Waals surface area contributed by atoms with Gasteiger partial charge in [0.1, 0.15) is 92.6 Å². The first-order chi connectivity index (χ1) is 36.3. The van der Waals surface area contributed by atoms with Gasteiger partial charge in [-0.3, -0.25) is 4.79 Å². The summed E-state index contributed by atoms with van der Waals surface area (Å²) in [5, 5.41) is 130. The molecule has 0 spiro atoms. The van der Waals surface area contributed by atoms with Crippen molar-refractivity contribution in [2.75, 3.05) is 33.0 Å². The highest BCUT2D eigenvalue weighted by Crippen LogP contribution is 2.42. The summed E-state index contributed by atoms with van der Waals surface area (Å²) in [7, 11) is 0. The Morgan fingerprint density at radius 1 is 0.566 bits per heavy atom. The number of ether oxygens (including phenoxy) is 11. The molecular weight excluding hydrogens is 1020 g/mol. The van der Waals surface area contributed by atoms with Crippen LogP contribution in [0.25, 0.3) is 6.08 Å². The zero-order chi connectivity index (χ0) is 55.0. The van der Waals surface area contributed by atoms with Crippen LogP contribution in [-0.4, -0.2) is 234 Å². The first kappa shape index (κ1) is 57.9. The van der Waals surface area contributed by atoms with Gasteiger partial charge in [0.25, 0.3) is 0 Å². The highest BCUT2D eigenvalue weighted by atomic mass is 16.8. The van der Waals surface area contributed by atoms with E-state index in [4.69, 9.17) is 52.1 Å². The summed E-state index contributed by atoms with van der Waals surface area (Å²) < 4.78 is 65.1. The quantitative estimate of drug-likeness (QED) is 0.0237. The second kappa shape index (κ2) is 25.6. The van der Waals surface area contributed by atoms with E-state index in [0.717, 1.165) is 31.2 Å². The number of benzene rings is 3. The number of carbonyl (C=O) groups excluding carboxylic acids is 4. The number of hydrogen-bond donors (Lipinski definition) is 12. The zero-order valence-corrected chi connectivity index (χ0v) is 40.1. The lowest BCUT2D eigenvalue weighted by atomic mass is 9.95. The molecule has 19 atom stereocenters. The summed E-state index contributed by atoms with van der Waals surface area (Å²) in [5.41, 5.74) is 0.0162. The van der Waals surface area contributed by atoms with Gasteiger partial charge in [0.15, 0.2) is 42.6 Å². The Labute approximate surface area is 431 Å². The van der Waals surface area contributed by atoms with Crippen molar-refractivity contribution < 1.29 is 133 Å². The highest BCUT2D eigenvalue weighted by Gasteiger charge is 2.64. The molecule has 0 aromatic heterocycles. The minimum absolute atomic E-state index is 0.0365. The van der Waals surface area contributed by atoms with E-state index in [1.807, 2.05) is 0 Å². The monoisotopic (exact) mass is 1080 g/mol. The van der Waals surface area contributed by atoms with E-state index in [1.54, 1.807) is 12.1 Å². The molecule has 0 amide bonds. The van der Waals surface area contributed by atoms with Gasteiger partial charge in [-0.1, -0.05) is 42.5 Å². The molecule has 27 heteroatoms. The molecule has 0 radical (unpaired) electrons. The summed E-state index contributed by atoms with van der Waals surface area (Å²) in [6.07, 6.45) is -35.4.